The molecule has 0 atom stereocenters. The predicted molar refractivity (Wildman–Crippen MR) is 110 cm³/mol. The number of thioether (sulfide) groups is 1. The van der Waals surface area contributed by atoms with E-state index in [9.17, 15) is 9.59 Å². The van der Waals surface area contributed by atoms with Gasteiger partial charge >= 0.3 is 0 Å². The second-order valence-corrected chi connectivity index (χ2v) is 8.02. The van der Waals surface area contributed by atoms with E-state index in [0.717, 1.165) is 21.2 Å². The van der Waals surface area contributed by atoms with E-state index >= 15 is 0 Å². The van der Waals surface area contributed by atoms with Crippen molar-refractivity contribution >= 4 is 51.6 Å². The second-order valence-electron chi connectivity index (χ2n) is 5.68. The van der Waals surface area contributed by atoms with Crippen LogP contribution in [0.1, 0.15) is 21.6 Å². The van der Waals surface area contributed by atoms with Gasteiger partial charge in [0, 0.05) is 26.6 Å². The molecular weight excluding hydrogens is 402 g/mol. The van der Waals surface area contributed by atoms with Crippen molar-refractivity contribution in [2.45, 2.75) is 17.1 Å². The summed E-state index contributed by atoms with van der Waals surface area (Å²) in [4.78, 5) is 28.5. The predicted octanol–water partition coefficient (Wildman–Crippen LogP) is 4.37. The average Bonchev–Trinajstić information content (AvgIpc) is 3.07. The smallest absolute Gasteiger partial charge is 0.257 e. The maximum atomic E-state index is 12.3. The van der Waals surface area contributed by atoms with Crippen molar-refractivity contribution in [1.29, 1.82) is 0 Å². The molecule has 27 heavy (non-hydrogen) atoms. The van der Waals surface area contributed by atoms with Gasteiger partial charge in [0.1, 0.15) is 0 Å². The number of nitrogens with one attached hydrogen (secondary N) is 1. The first kappa shape index (κ1) is 19.4. The van der Waals surface area contributed by atoms with Crippen molar-refractivity contribution in [1.82, 2.24) is 4.98 Å². The summed E-state index contributed by atoms with van der Waals surface area (Å²) in [5.41, 5.74) is 7.35. The number of anilines is 1. The van der Waals surface area contributed by atoms with Crippen LogP contribution in [-0.2, 0) is 17.0 Å². The van der Waals surface area contributed by atoms with Crippen LogP contribution in [0.5, 0.6) is 0 Å². The molecule has 8 heteroatoms. The number of hydrogen-bond acceptors (Lipinski definition) is 5. The van der Waals surface area contributed by atoms with Crippen LogP contribution >= 0.6 is 34.7 Å². The monoisotopic (exact) mass is 417 g/mol. The van der Waals surface area contributed by atoms with E-state index < -0.39 is 5.91 Å². The maximum Gasteiger partial charge on any atom is 0.257 e. The molecule has 2 aromatic carbocycles. The van der Waals surface area contributed by atoms with Crippen molar-refractivity contribution in [3.8, 4) is 0 Å². The average molecular weight is 418 g/mol. The molecule has 0 bridgehead atoms. The molecule has 1 aromatic heterocycles. The van der Waals surface area contributed by atoms with Gasteiger partial charge in [-0.15, -0.1) is 23.1 Å². The Balaban J connectivity index is 1.56. The van der Waals surface area contributed by atoms with Crippen LogP contribution < -0.4 is 11.1 Å². The number of benzene rings is 2. The van der Waals surface area contributed by atoms with Crippen molar-refractivity contribution in [2.24, 2.45) is 5.73 Å². The first-order valence-corrected chi connectivity index (χ1v) is 10.3. The summed E-state index contributed by atoms with van der Waals surface area (Å²) in [5.74, 6) is 0.101. The number of rotatable bonds is 7. The molecule has 1 heterocycles. The van der Waals surface area contributed by atoms with Gasteiger partial charge in [-0.3, -0.25) is 14.9 Å². The van der Waals surface area contributed by atoms with E-state index in [2.05, 4.69) is 10.3 Å². The topological polar surface area (TPSA) is 85.1 Å². The molecule has 0 aliphatic carbocycles. The van der Waals surface area contributed by atoms with Gasteiger partial charge in [-0.05, 0) is 42.0 Å². The zero-order valence-electron chi connectivity index (χ0n) is 14.1. The van der Waals surface area contributed by atoms with Crippen LogP contribution in [0.3, 0.4) is 0 Å². The third kappa shape index (κ3) is 5.82. The van der Waals surface area contributed by atoms with Gasteiger partial charge in [-0.25, -0.2) is 4.98 Å². The molecule has 0 saturated carbocycles. The van der Waals surface area contributed by atoms with Crippen LogP contribution in [0.2, 0.25) is 5.02 Å². The number of aromatic nitrogens is 1. The van der Waals surface area contributed by atoms with Gasteiger partial charge in [0.2, 0.25) is 5.91 Å². The quantitative estimate of drug-likeness (QED) is 0.559. The summed E-state index contributed by atoms with van der Waals surface area (Å²) in [5, 5.41) is 5.60. The highest BCUT2D eigenvalue weighted by Gasteiger charge is 2.10. The molecule has 3 N–H and O–H groups in total. The molecule has 0 unspecified atom stereocenters. The number of halogens is 1. The lowest BCUT2D eigenvalue weighted by Gasteiger charge is -2.05. The Morgan fingerprint density at radius 1 is 1.11 bits per heavy atom. The highest BCUT2D eigenvalue weighted by Crippen LogP contribution is 2.24. The Labute approximate surface area is 170 Å². The van der Waals surface area contributed by atoms with E-state index in [1.165, 1.54) is 11.3 Å². The third-order valence-corrected chi connectivity index (χ3v) is 5.70. The number of thiazole rings is 1. The molecule has 5 nitrogen and oxygen atoms in total. The molecular formula is C19H16ClN3O2S2. The summed E-state index contributed by atoms with van der Waals surface area (Å²) in [6, 6.07) is 15.1. The SMILES string of the molecule is NC(=O)Cc1csc(NC(=O)c2ccc(CSc3ccc(Cl)cc3)cc2)n1. The summed E-state index contributed by atoms with van der Waals surface area (Å²) in [6.07, 6.45) is 0.0619. The highest BCUT2D eigenvalue weighted by molar-refractivity contribution is 7.98. The normalized spacial score (nSPS) is 10.6. The molecule has 0 aliphatic rings. The Bertz CT molecular complexity index is 940. The van der Waals surface area contributed by atoms with Gasteiger partial charge in [0.15, 0.2) is 5.13 Å². The molecule has 0 radical (unpaired) electrons. The minimum atomic E-state index is -0.453. The van der Waals surface area contributed by atoms with Crippen molar-refractivity contribution in [2.75, 3.05) is 5.32 Å². The number of carbonyl (C=O) groups is 2. The van der Waals surface area contributed by atoms with Crippen LogP contribution in [0.15, 0.2) is 58.8 Å². The first-order valence-electron chi connectivity index (χ1n) is 8.01. The second kappa shape index (κ2) is 9.03. The molecule has 3 aromatic rings. The Kier molecular flexibility index (Phi) is 6.49. The van der Waals surface area contributed by atoms with Gasteiger partial charge in [0.25, 0.3) is 5.91 Å². The third-order valence-electron chi connectivity index (χ3n) is 3.56. The number of amides is 2. The van der Waals surface area contributed by atoms with Crippen molar-refractivity contribution in [3.05, 3.63) is 75.8 Å². The minimum Gasteiger partial charge on any atom is -0.369 e. The molecule has 0 saturated heterocycles. The molecule has 138 valence electrons. The van der Waals surface area contributed by atoms with Crippen molar-refractivity contribution in [3.63, 3.8) is 0 Å². The van der Waals surface area contributed by atoms with E-state index in [1.807, 2.05) is 36.4 Å². The zero-order chi connectivity index (χ0) is 19.2. The lowest BCUT2D eigenvalue weighted by Crippen LogP contribution is -2.14. The van der Waals surface area contributed by atoms with E-state index in [0.29, 0.717) is 16.4 Å². The summed E-state index contributed by atoms with van der Waals surface area (Å²) >= 11 is 8.85. The molecule has 2 amide bonds. The summed E-state index contributed by atoms with van der Waals surface area (Å²) in [6.45, 7) is 0. The van der Waals surface area contributed by atoms with Crippen LogP contribution in [0.25, 0.3) is 0 Å². The molecule has 3 rings (SSSR count). The van der Waals surface area contributed by atoms with Crippen molar-refractivity contribution < 1.29 is 9.59 Å². The highest BCUT2D eigenvalue weighted by atomic mass is 35.5. The fourth-order valence-electron chi connectivity index (χ4n) is 2.24. The number of carbonyl (C=O) groups excluding carboxylic acids is 2. The molecule has 0 spiro atoms. The van der Waals surface area contributed by atoms with Gasteiger partial charge in [-0.2, -0.15) is 0 Å². The first-order chi connectivity index (χ1) is 13.0. The van der Waals surface area contributed by atoms with E-state index in [4.69, 9.17) is 17.3 Å². The number of nitrogens with zero attached hydrogens (tertiary/aromatic N) is 1. The number of hydrogen-bond donors (Lipinski definition) is 2. The molecule has 0 aliphatic heterocycles. The minimum absolute atomic E-state index is 0.0619. The van der Waals surface area contributed by atoms with Gasteiger partial charge < -0.3 is 5.73 Å². The Morgan fingerprint density at radius 3 is 2.48 bits per heavy atom. The van der Waals surface area contributed by atoms with Crippen LogP contribution in [0.4, 0.5) is 5.13 Å². The Morgan fingerprint density at radius 2 is 1.81 bits per heavy atom. The number of primary amides is 1. The van der Waals surface area contributed by atoms with E-state index in [-0.39, 0.29) is 12.3 Å². The largest absolute Gasteiger partial charge is 0.369 e. The van der Waals surface area contributed by atoms with Crippen LogP contribution in [0, 0.1) is 0 Å². The summed E-state index contributed by atoms with van der Waals surface area (Å²) in [7, 11) is 0. The lowest BCUT2D eigenvalue weighted by molar-refractivity contribution is -0.117. The van der Waals surface area contributed by atoms with Gasteiger partial charge in [-0.1, -0.05) is 23.7 Å². The summed E-state index contributed by atoms with van der Waals surface area (Å²) < 4.78 is 0. The standard InChI is InChI=1S/C19H16ClN3O2S2/c20-14-5-7-16(8-6-14)26-10-12-1-3-13(4-2-12)18(25)23-19-22-15(11-27-19)9-17(21)24/h1-8,11H,9-10H2,(H2,21,24)(H,22,23,25). The Hall–Kier alpha value is -2.35. The van der Waals surface area contributed by atoms with E-state index in [1.54, 1.807) is 29.3 Å². The molecule has 0 fully saturated rings. The van der Waals surface area contributed by atoms with Gasteiger partial charge in [0.05, 0.1) is 12.1 Å². The lowest BCUT2D eigenvalue weighted by atomic mass is 10.1. The fourth-order valence-corrected chi connectivity index (χ4v) is 3.93. The maximum absolute atomic E-state index is 12.3. The van der Waals surface area contributed by atoms with Crippen LogP contribution in [-0.4, -0.2) is 16.8 Å². The number of nitrogens with two attached hydrogens (primary N) is 1. The zero-order valence-corrected chi connectivity index (χ0v) is 16.5. The fraction of sp³-hybridized carbons (Fsp3) is 0.105.